The van der Waals surface area contributed by atoms with Crippen LogP contribution in [0.25, 0.3) is 0 Å². The van der Waals surface area contributed by atoms with Gasteiger partial charge in [0.15, 0.2) is 0 Å². The summed E-state index contributed by atoms with van der Waals surface area (Å²) >= 11 is 1.23. The highest BCUT2D eigenvalue weighted by atomic mass is 32.1. The monoisotopic (exact) mass is 157 g/mol. The van der Waals surface area contributed by atoms with E-state index in [1.54, 1.807) is 12.6 Å². The van der Waals surface area contributed by atoms with Gasteiger partial charge in [0.05, 0.1) is 5.51 Å². The van der Waals surface area contributed by atoms with E-state index in [4.69, 9.17) is 5.73 Å². The number of carbonyl (C=O) groups excluding carboxylic acids is 1. The minimum atomic E-state index is -0.181. The van der Waals surface area contributed by atoms with Gasteiger partial charge in [-0.1, -0.05) is 0 Å². The summed E-state index contributed by atoms with van der Waals surface area (Å²) in [5.74, 6) is 0.115. The highest BCUT2D eigenvalue weighted by Crippen LogP contribution is 2.13. The SMILES string of the molecule is CNC(=O)c1scnc1N. The fourth-order valence-electron chi connectivity index (χ4n) is 0.538. The Morgan fingerprint density at radius 3 is 3.00 bits per heavy atom. The van der Waals surface area contributed by atoms with Gasteiger partial charge in [-0.05, 0) is 0 Å². The molecule has 0 radical (unpaired) electrons. The van der Waals surface area contributed by atoms with Gasteiger partial charge in [0.1, 0.15) is 10.7 Å². The third-order valence-electron chi connectivity index (χ3n) is 1.03. The number of nitrogens with zero attached hydrogens (tertiary/aromatic N) is 1. The van der Waals surface area contributed by atoms with Crippen LogP contribution in [0.1, 0.15) is 9.67 Å². The van der Waals surface area contributed by atoms with Gasteiger partial charge < -0.3 is 11.1 Å². The van der Waals surface area contributed by atoms with Crippen molar-refractivity contribution >= 4 is 23.1 Å². The number of nitrogens with one attached hydrogen (secondary N) is 1. The largest absolute Gasteiger partial charge is 0.382 e. The first kappa shape index (κ1) is 7.01. The van der Waals surface area contributed by atoms with E-state index in [2.05, 4.69) is 10.3 Å². The Balaban J connectivity index is 2.93. The average molecular weight is 157 g/mol. The van der Waals surface area contributed by atoms with Crippen LogP contribution in [-0.4, -0.2) is 17.9 Å². The first-order chi connectivity index (χ1) is 4.75. The van der Waals surface area contributed by atoms with Crippen LogP contribution >= 0.6 is 11.3 Å². The quantitative estimate of drug-likeness (QED) is 0.606. The zero-order valence-corrected chi connectivity index (χ0v) is 6.23. The van der Waals surface area contributed by atoms with Gasteiger partial charge in [-0.25, -0.2) is 4.98 Å². The maximum Gasteiger partial charge on any atom is 0.264 e. The number of amides is 1. The normalized spacial score (nSPS) is 9.30. The standard InChI is InChI=1S/C5H7N3OS/c1-7-5(9)3-4(6)8-2-10-3/h2H,6H2,1H3,(H,7,9). The van der Waals surface area contributed by atoms with Crippen molar-refractivity contribution in [2.75, 3.05) is 12.8 Å². The van der Waals surface area contributed by atoms with Gasteiger partial charge in [-0.3, -0.25) is 4.79 Å². The zero-order chi connectivity index (χ0) is 7.56. The molecule has 5 heteroatoms. The molecule has 1 rings (SSSR count). The van der Waals surface area contributed by atoms with Crippen molar-refractivity contribution in [1.29, 1.82) is 0 Å². The van der Waals surface area contributed by atoms with Crippen LogP contribution in [0.4, 0.5) is 5.82 Å². The lowest BCUT2D eigenvalue weighted by Crippen LogP contribution is -2.17. The Morgan fingerprint density at radius 1 is 1.90 bits per heavy atom. The molecule has 0 aromatic carbocycles. The molecular weight excluding hydrogens is 150 g/mol. The summed E-state index contributed by atoms with van der Waals surface area (Å²) in [6.45, 7) is 0. The molecule has 54 valence electrons. The molecule has 0 spiro atoms. The van der Waals surface area contributed by atoms with Crippen molar-refractivity contribution in [2.24, 2.45) is 0 Å². The lowest BCUT2D eigenvalue weighted by molar-refractivity contribution is 0.0968. The van der Waals surface area contributed by atoms with Crippen molar-refractivity contribution in [1.82, 2.24) is 10.3 Å². The molecule has 1 amide bonds. The van der Waals surface area contributed by atoms with E-state index in [9.17, 15) is 4.79 Å². The Hall–Kier alpha value is -1.10. The van der Waals surface area contributed by atoms with Crippen molar-refractivity contribution in [3.05, 3.63) is 10.4 Å². The number of anilines is 1. The highest BCUT2D eigenvalue weighted by molar-refractivity contribution is 7.12. The van der Waals surface area contributed by atoms with Crippen LogP contribution in [0.15, 0.2) is 5.51 Å². The second-order valence-corrected chi connectivity index (χ2v) is 2.50. The highest BCUT2D eigenvalue weighted by Gasteiger charge is 2.08. The van der Waals surface area contributed by atoms with Crippen LogP contribution < -0.4 is 11.1 Å². The zero-order valence-electron chi connectivity index (χ0n) is 5.42. The van der Waals surface area contributed by atoms with Crippen LogP contribution in [-0.2, 0) is 0 Å². The van der Waals surface area contributed by atoms with Gasteiger partial charge in [0, 0.05) is 7.05 Å². The second-order valence-electron chi connectivity index (χ2n) is 1.65. The Bertz CT molecular complexity index is 245. The minimum Gasteiger partial charge on any atom is -0.382 e. The predicted octanol–water partition coefficient (Wildman–Crippen LogP) is 0.0849. The molecule has 0 aliphatic rings. The molecular formula is C5H7N3OS. The fraction of sp³-hybridized carbons (Fsp3) is 0.200. The Labute approximate surface area is 62.1 Å². The molecule has 0 aliphatic carbocycles. The van der Waals surface area contributed by atoms with Gasteiger partial charge in [-0.2, -0.15) is 0 Å². The number of nitrogen functional groups attached to an aromatic ring is 1. The maximum atomic E-state index is 10.9. The number of rotatable bonds is 1. The minimum absolute atomic E-state index is 0.181. The molecule has 0 atom stereocenters. The molecule has 10 heavy (non-hydrogen) atoms. The van der Waals surface area contributed by atoms with E-state index in [1.807, 2.05) is 0 Å². The molecule has 1 aromatic rings. The molecule has 3 N–H and O–H groups in total. The smallest absolute Gasteiger partial charge is 0.264 e. The molecule has 1 aromatic heterocycles. The number of nitrogens with two attached hydrogens (primary N) is 1. The van der Waals surface area contributed by atoms with E-state index in [1.165, 1.54) is 11.3 Å². The van der Waals surface area contributed by atoms with Gasteiger partial charge in [-0.15, -0.1) is 11.3 Å². The molecule has 0 saturated carbocycles. The maximum absolute atomic E-state index is 10.9. The summed E-state index contributed by atoms with van der Waals surface area (Å²) in [5, 5.41) is 2.46. The van der Waals surface area contributed by atoms with Gasteiger partial charge >= 0.3 is 0 Å². The molecule has 0 fully saturated rings. The summed E-state index contributed by atoms with van der Waals surface area (Å²) in [6, 6.07) is 0. The van der Waals surface area contributed by atoms with Crippen LogP contribution in [0.3, 0.4) is 0 Å². The first-order valence-electron chi connectivity index (χ1n) is 2.66. The lowest BCUT2D eigenvalue weighted by atomic mass is 10.5. The number of hydrogen-bond donors (Lipinski definition) is 2. The Kier molecular flexibility index (Phi) is 1.86. The summed E-state index contributed by atoms with van der Waals surface area (Å²) in [5.41, 5.74) is 6.90. The number of thiazole rings is 1. The van der Waals surface area contributed by atoms with E-state index in [-0.39, 0.29) is 5.91 Å². The summed E-state index contributed by atoms with van der Waals surface area (Å²) in [4.78, 5) is 15.1. The van der Waals surface area contributed by atoms with E-state index in [0.717, 1.165) is 0 Å². The summed E-state index contributed by atoms with van der Waals surface area (Å²) < 4.78 is 0. The van der Waals surface area contributed by atoms with Crippen LogP contribution in [0.5, 0.6) is 0 Å². The first-order valence-corrected chi connectivity index (χ1v) is 3.54. The molecule has 0 saturated heterocycles. The van der Waals surface area contributed by atoms with E-state index in [0.29, 0.717) is 10.7 Å². The number of hydrogen-bond acceptors (Lipinski definition) is 4. The summed E-state index contributed by atoms with van der Waals surface area (Å²) in [7, 11) is 1.56. The fourth-order valence-corrected chi connectivity index (χ4v) is 1.19. The van der Waals surface area contributed by atoms with Crippen molar-refractivity contribution in [3.8, 4) is 0 Å². The number of carbonyl (C=O) groups is 1. The second kappa shape index (κ2) is 2.66. The molecule has 1 heterocycles. The average Bonchev–Trinajstić information content (AvgIpc) is 2.34. The lowest BCUT2D eigenvalue weighted by Gasteiger charge is -1.93. The Morgan fingerprint density at radius 2 is 2.60 bits per heavy atom. The third kappa shape index (κ3) is 1.08. The summed E-state index contributed by atoms with van der Waals surface area (Å²) in [6.07, 6.45) is 0. The molecule has 0 unspecified atom stereocenters. The van der Waals surface area contributed by atoms with E-state index < -0.39 is 0 Å². The molecule has 0 bridgehead atoms. The van der Waals surface area contributed by atoms with Crippen molar-refractivity contribution in [2.45, 2.75) is 0 Å². The topological polar surface area (TPSA) is 68.0 Å². The van der Waals surface area contributed by atoms with Crippen molar-refractivity contribution < 1.29 is 4.79 Å². The van der Waals surface area contributed by atoms with Gasteiger partial charge in [0.25, 0.3) is 5.91 Å². The third-order valence-corrected chi connectivity index (χ3v) is 1.87. The van der Waals surface area contributed by atoms with Gasteiger partial charge in [0.2, 0.25) is 0 Å². The van der Waals surface area contributed by atoms with Crippen molar-refractivity contribution in [3.63, 3.8) is 0 Å². The predicted molar refractivity (Wildman–Crippen MR) is 39.9 cm³/mol. The van der Waals surface area contributed by atoms with Crippen LogP contribution in [0.2, 0.25) is 0 Å². The molecule has 0 aliphatic heterocycles. The van der Waals surface area contributed by atoms with Crippen LogP contribution in [0, 0.1) is 0 Å². The van der Waals surface area contributed by atoms with E-state index >= 15 is 0 Å². The number of aromatic nitrogens is 1. The molecule has 4 nitrogen and oxygen atoms in total.